The van der Waals surface area contributed by atoms with Crippen LogP contribution in [-0.4, -0.2) is 14.6 Å². The molecule has 2 heterocycles. The van der Waals surface area contributed by atoms with E-state index in [4.69, 9.17) is 0 Å². The number of aromatic amines is 2. The molecule has 0 bridgehead atoms. The molecule has 12 heavy (non-hydrogen) atoms. The largest absolute Gasteiger partial charge is 0.340 e. The van der Waals surface area contributed by atoms with E-state index < -0.39 is 5.69 Å². The van der Waals surface area contributed by atoms with Crippen LogP contribution in [0.5, 0.6) is 0 Å². The van der Waals surface area contributed by atoms with Crippen molar-refractivity contribution in [3.8, 4) is 0 Å². The van der Waals surface area contributed by atoms with Gasteiger partial charge in [-0.2, -0.15) is 0 Å². The monoisotopic (exact) mass is 165 g/mol. The van der Waals surface area contributed by atoms with Crippen molar-refractivity contribution in [3.63, 3.8) is 0 Å². The molecule has 0 fully saturated rings. The first-order valence-corrected chi connectivity index (χ1v) is 3.49. The van der Waals surface area contributed by atoms with E-state index in [0.717, 1.165) is 5.69 Å². The highest BCUT2D eigenvalue weighted by atomic mass is 16.2. The zero-order valence-electron chi connectivity index (χ0n) is 6.42. The second kappa shape index (κ2) is 2.10. The van der Waals surface area contributed by atoms with Crippen LogP contribution in [0.2, 0.25) is 0 Å². The molecule has 0 aliphatic carbocycles. The summed E-state index contributed by atoms with van der Waals surface area (Å²) in [5.74, 6) is 0. The fourth-order valence-electron chi connectivity index (χ4n) is 1.16. The molecule has 0 aliphatic rings. The van der Waals surface area contributed by atoms with Gasteiger partial charge in [0.2, 0.25) is 0 Å². The third-order valence-electron chi connectivity index (χ3n) is 1.75. The van der Waals surface area contributed by atoms with Crippen molar-refractivity contribution >= 4 is 5.52 Å². The summed E-state index contributed by atoms with van der Waals surface area (Å²) in [6.45, 7) is 1.81. The predicted octanol–water partition coefficient (Wildman–Crippen LogP) is -0.376. The number of nitrogens with zero attached hydrogens (tertiary/aromatic N) is 1. The number of hydrogen-bond donors (Lipinski definition) is 2. The van der Waals surface area contributed by atoms with E-state index in [9.17, 15) is 9.59 Å². The van der Waals surface area contributed by atoms with Crippen molar-refractivity contribution < 1.29 is 0 Å². The Bertz CT molecular complexity index is 531. The molecule has 2 aromatic heterocycles. The SMILES string of the molecule is Cc1ccc2c(=O)[nH]c(=O)[nH]n12. The molecule has 0 radical (unpaired) electrons. The Morgan fingerprint density at radius 3 is 2.83 bits per heavy atom. The molecule has 0 amide bonds. The molecule has 0 unspecified atom stereocenters. The highest BCUT2D eigenvalue weighted by Crippen LogP contribution is 1.99. The van der Waals surface area contributed by atoms with Crippen LogP contribution in [0.25, 0.3) is 5.52 Å². The topological polar surface area (TPSA) is 70.1 Å². The average molecular weight is 165 g/mol. The lowest BCUT2D eigenvalue weighted by molar-refractivity contribution is 0.822. The number of hydrogen-bond acceptors (Lipinski definition) is 2. The Hall–Kier alpha value is -1.78. The van der Waals surface area contributed by atoms with Crippen LogP contribution < -0.4 is 11.2 Å². The van der Waals surface area contributed by atoms with Crippen LogP contribution in [0.15, 0.2) is 21.7 Å². The van der Waals surface area contributed by atoms with Gasteiger partial charge in [-0.1, -0.05) is 0 Å². The van der Waals surface area contributed by atoms with Crippen LogP contribution >= 0.6 is 0 Å². The van der Waals surface area contributed by atoms with Crippen molar-refractivity contribution in [3.05, 3.63) is 38.7 Å². The average Bonchev–Trinajstić information content (AvgIpc) is 2.33. The maximum Gasteiger partial charge on any atom is 0.340 e. The summed E-state index contributed by atoms with van der Waals surface area (Å²) < 4.78 is 1.46. The van der Waals surface area contributed by atoms with Gasteiger partial charge in [0.1, 0.15) is 5.52 Å². The van der Waals surface area contributed by atoms with Gasteiger partial charge in [-0.15, -0.1) is 0 Å². The van der Waals surface area contributed by atoms with Gasteiger partial charge in [0.25, 0.3) is 5.56 Å². The Morgan fingerprint density at radius 1 is 1.33 bits per heavy atom. The van der Waals surface area contributed by atoms with Gasteiger partial charge in [-0.25, -0.2) is 9.89 Å². The van der Waals surface area contributed by atoms with Crippen molar-refractivity contribution in [2.75, 3.05) is 0 Å². The first kappa shape index (κ1) is 6.90. The Morgan fingerprint density at radius 2 is 2.08 bits per heavy atom. The minimum atomic E-state index is -0.494. The molecule has 5 nitrogen and oxygen atoms in total. The maximum atomic E-state index is 11.1. The molecule has 62 valence electrons. The second-order valence-corrected chi connectivity index (χ2v) is 2.59. The first-order valence-electron chi connectivity index (χ1n) is 3.49. The quantitative estimate of drug-likeness (QED) is 0.558. The third-order valence-corrected chi connectivity index (χ3v) is 1.75. The maximum absolute atomic E-state index is 11.1. The molecule has 0 aliphatic heterocycles. The highest BCUT2D eigenvalue weighted by molar-refractivity contribution is 5.45. The van der Waals surface area contributed by atoms with E-state index in [0.29, 0.717) is 5.52 Å². The van der Waals surface area contributed by atoms with E-state index in [-0.39, 0.29) is 5.56 Å². The number of aryl methyl sites for hydroxylation is 1. The van der Waals surface area contributed by atoms with Crippen LogP contribution in [0.4, 0.5) is 0 Å². The lowest BCUT2D eigenvalue weighted by Gasteiger charge is -1.94. The summed E-state index contributed by atoms with van der Waals surface area (Å²) in [6, 6.07) is 3.42. The Labute approximate surface area is 66.6 Å². The summed E-state index contributed by atoms with van der Waals surface area (Å²) >= 11 is 0. The summed E-state index contributed by atoms with van der Waals surface area (Å²) in [4.78, 5) is 24.1. The number of fused-ring (bicyclic) bond motifs is 1. The Balaban J connectivity index is 3.13. The van der Waals surface area contributed by atoms with Crippen molar-refractivity contribution in [1.82, 2.24) is 14.6 Å². The van der Waals surface area contributed by atoms with E-state index in [2.05, 4.69) is 10.1 Å². The van der Waals surface area contributed by atoms with E-state index >= 15 is 0 Å². The smallest absolute Gasteiger partial charge is 0.271 e. The van der Waals surface area contributed by atoms with Crippen molar-refractivity contribution in [2.45, 2.75) is 6.92 Å². The van der Waals surface area contributed by atoms with Crippen molar-refractivity contribution in [2.24, 2.45) is 0 Å². The molecular formula is C7H7N3O2. The van der Waals surface area contributed by atoms with Gasteiger partial charge in [0.05, 0.1) is 0 Å². The molecule has 2 N–H and O–H groups in total. The first-order chi connectivity index (χ1) is 5.68. The molecule has 2 rings (SSSR count). The molecule has 5 heteroatoms. The van der Waals surface area contributed by atoms with Gasteiger partial charge in [0, 0.05) is 5.69 Å². The lowest BCUT2D eigenvalue weighted by atomic mass is 10.5. The second-order valence-electron chi connectivity index (χ2n) is 2.59. The fraction of sp³-hybridized carbons (Fsp3) is 0.143. The molecule has 2 aromatic rings. The van der Waals surface area contributed by atoms with Gasteiger partial charge in [-0.05, 0) is 19.1 Å². The standard InChI is InChI=1S/C7H7N3O2/c1-4-2-3-5-6(11)8-7(12)9-10(4)5/h2-3H,1H3,(H2,8,9,11,12). The minimum absolute atomic E-state index is 0.369. The van der Waals surface area contributed by atoms with Crippen LogP contribution in [0.1, 0.15) is 5.69 Å². The molecule has 0 saturated heterocycles. The minimum Gasteiger partial charge on any atom is -0.271 e. The van der Waals surface area contributed by atoms with E-state index in [1.165, 1.54) is 4.52 Å². The number of aromatic nitrogens is 3. The number of H-pyrrole nitrogens is 2. The molecule has 0 atom stereocenters. The molecule has 0 saturated carbocycles. The zero-order valence-corrected chi connectivity index (χ0v) is 6.42. The number of nitrogens with one attached hydrogen (secondary N) is 2. The van der Waals surface area contributed by atoms with Crippen LogP contribution in [0.3, 0.4) is 0 Å². The lowest BCUT2D eigenvalue weighted by Crippen LogP contribution is -2.25. The summed E-state index contributed by atoms with van der Waals surface area (Å²) in [7, 11) is 0. The summed E-state index contributed by atoms with van der Waals surface area (Å²) in [5, 5.41) is 2.48. The zero-order chi connectivity index (χ0) is 8.72. The van der Waals surface area contributed by atoms with Crippen molar-refractivity contribution in [1.29, 1.82) is 0 Å². The fourth-order valence-corrected chi connectivity index (χ4v) is 1.16. The van der Waals surface area contributed by atoms with Gasteiger partial charge >= 0.3 is 5.69 Å². The van der Waals surface area contributed by atoms with Crippen LogP contribution in [0, 0.1) is 6.92 Å². The van der Waals surface area contributed by atoms with E-state index in [1.807, 2.05) is 6.92 Å². The highest BCUT2D eigenvalue weighted by Gasteiger charge is 2.00. The third kappa shape index (κ3) is 0.795. The summed E-state index contributed by atoms with van der Waals surface area (Å²) in [5.41, 5.74) is 0.416. The number of rotatable bonds is 0. The molecule has 0 aromatic carbocycles. The van der Waals surface area contributed by atoms with Gasteiger partial charge in [0.15, 0.2) is 0 Å². The molecule has 0 spiro atoms. The van der Waals surface area contributed by atoms with Gasteiger partial charge in [-0.3, -0.25) is 14.3 Å². The van der Waals surface area contributed by atoms with Crippen LogP contribution in [-0.2, 0) is 0 Å². The predicted molar refractivity (Wildman–Crippen MR) is 43.4 cm³/mol. The summed E-state index contributed by atoms with van der Waals surface area (Å²) in [6.07, 6.45) is 0. The van der Waals surface area contributed by atoms with Gasteiger partial charge < -0.3 is 0 Å². The normalized spacial score (nSPS) is 10.8. The molecular weight excluding hydrogens is 158 g/mol. The van der Waals surface area contributed by atoms with E-state index in [1.54, 1.807) is 12.1 Å². The Kier molecular flexibility index (Phi) is 1.21.